The van der Waals surface area contributed by atoms with Crippen LogP contribution in [0.2, 0.25) is 0 Å². The Morgan fingerprint density at radius 2 is 1.69 bits per heavy atom. The standard InChI is InChI=1S/C22H22N6S/c1-28(2)17-10-8-16(9-11-17)26-27-22-25-20-21(29-22)24-18-12-7-15(13-19(18)23-20)14-5-3-4-6-14/h7-14H,3-6H2,1-2H3. The van der Waals surface area contributed by atoms with Gasteiger partial charge in [0.05, 0.1) is 16.7 Å². The number of aromatic nitrogens is 3. The second-order valence-electron chi connectivity index (χ2n) is 7.69. The molecule has 0 N–H and O–H groups in total. The number of thiazole rings is 1. The lowest BCUT2D eigenvalue weighted by molar-refractivity contribution is 0.724. The number of benzene rings is 2. The SMILES string of the molecule is CN(C)c1ccc(N=Nc2nc3nc4cc(C5CCCC5)ccc4nc3s2)cc1. The van der Waals surface area contributed by atoms with E-state index in [1.807, 2.05) is 38.4 Å². The number of nitrogens with zero attached hydrogens (tertiary/aromatic N) is 6. The van der Waals surface area contributed by atoms with Gasteiger partial charge in [-0.2, -0.15) is 4.98 Å². The molecule has 0 radical (unpaired) electrons. The Morgan fingerprint density at radius 3 is 2.45 bits per heavy atom. The molecular formula is C22H22N6S. The van der Waals surface area contributed by atoms with Crippen molar-refractivity contribution in [3.63, 3.8) is 0 Å². The van der Waals surface area contributed by atoms with Crippen LogP contribution in [0.15, 0.2) is 52.7 Å². The molecule has 1 aliphatic carbocycles. The van der Waals surface area contributed by atoms with E-state index in [0.29, 0.717) is 16.7 Å². The van der Waals surface area contributed by atoms with Crippen LogP contribution in [0.5, 0.6) is 0 Å². The first-order valence-corrected chi connectivity index (χ1v) is 10.7. The van der Waals surface area contributed by atoms with E-state index < -0.39 is 0 Å². The molecule has 7 heteroatoms. The third-order valence-electron chi connectivity index (χ3n) is 5.47. The molecule has 0 bridgehead atoms. The summed E-state index contributed by atoms with van der Waals surface area (Å²) in [7, 11) is 4.02. The van der Waals surface area contributed by atoms with Crippen LogP contribution < -0.4 is 4.90 Å². The third-order valence-corrected chi connectivity index (χ3v) is 6.30. The zero-order valence-electron chi connectivity index (χ0n) is 16.5. The molecule has 5 rings (SSSR count). The minimum atomic E-state index is 0.572. The normalized spacial score (nSPS) is 15.1. The largest absolute Gasteiger partial charge is 0.378 e. The van der Waals surface area contributed by atoms with Crippen LogP contribution in [0.3, 0.4) is 0 Å². The van der Waals surface area contributed by atoms with Gasteiger partial charge in [-0.15, -0.1) is 10.2 Å². The van der Waals surface area contributed by atoms with Crippen LogP contribution >= 0.6 is 11.3 Å². The number of hydrogen-bond donors (Lipinski definition) is 0. The summed E-state index contributed by atoms with van der Waals surface area (Å²) in [4.78, 5) is 16.9. The summed E-state index contributed by atoms with van der Waals surface area (Å²) in [5.41, 5.74) is 5.76. The number of azo groups is 1. The molecule has 1 aliphatic rings. The van der Waals surface area contributed by atoms with Gasteiger partial charge in [0.1, 0.15) is 0 Å². The molecule has 0 spiro atoms. The quantitative estimate of drug-likeness (QED) is 0.372. The summed E-state index contributed by atoms with van der Waals surface area (Å²) in [6.45, 7) is 0. The summed E-state index contributed by atoms with van der Waals surface area (Å²) in [6.07, 6.45) is 5.20. The topological polar surface area (TPSA) is 66.6 Å². The van der Waals surface area contributed by atoms with Crippen molar-refractivity contribution in [2.45, 2.75) is 31.6 Å². The van der Waals surface area contributed by atoms with Crippen LogP contribution in [0.1, 0.15) is 37.2 Å². The minimum absolute atomic E-state index is 0.572. The summed E-state index contributed by atoms with van der Waals surface area (Å²) in [6, 6.07) is 14.4. The molecule has 0 unspecified atom stereocenters. The Bertz CT molecular complexity index is 1190. The number of hydrogen-bond acceptors (Lipinski definition) is 7. The Labute approximate surface area is 173 Å². The van der Waals surface area contributed by atoms with Gasteiger partial charge < -0.3 is 4.90 Å². The Balaban J connectivity index is 1.43. The average Bonchev–Trinajstić information content (AvgIpc) is 3.40. The van der Waals surface area contributed by atoms with E-state index in [4.69, 9.17) is 9.97 Å². The molecule has 0 atom stereocenters. The number of fused-ring (bicyclic) bond motifs is 2. The molecule has 1 fully saturated rings. The Hall–Kier alpha value is -2.93. The van der Waals surface area contributed by atoms with Crippen molar-refractivity contribution in [2.75, 3.05) is 19.0 Å². The van der Waals surface area contributed by atoms with Crippen LogP contribution in [0, 0.1) is 0 Å². The van der Waals surface area contributed by atoms with Crippen molar-refractivity contribution in [1.82, 2.24) is 15.0 Å². The molecule has 0 aliphatic heterocycles. The predicted octanol–water partition coefficient (Wildman–Crippen LogP) is 6.38. The van der Waals surface area contributed by atoms with E-state index in [9.17, 15) is 0 Å². The summed E-state index contributed by atoms with van der Waals surface area (Å²) >= 11 is 1.42. The lowest BCUT2D eigenvalue weighted by Crippen LogP contribution is -2.07. The molecule has 2 aromatic carbocycles. The van der Waals surface area contributed by atoms with Gasteiger partial charge in [-0.05, 0) is 60.7 Å². The maximum Gasteiger partial charge on any atom is 0.234 e. The highest BCUT2D eigenvalue weighted by molar-refractivity contribution is 7.21. The highest BCUT2D eigenvalue weighted by atomic mass is 32.1. The van der Waals surface area contributed by atoms with Gasteiger partial charge in [0, 0.05) is 19.8 Å². The van der Waals surface area contributed by atoms with Gasteiger partial charge >= 0.3 is 0 Å². The molecule has 29 heavy (non-hydrogen) atoms. The van der Waals surface area contributed by atoms with Gasteiger partial charge in [0.2, 0.25) is 5.13 Å². The minimum Gasteiger partial charge on any atom is -0.378 e. The Morgan fingerprint density at radius 1 is 0.897 bits per heavy atom. The van der Waals surface area contributed by atoms with Gasteiger partial charge in [0.25, 0.3) is 0 Å². The monoisotopic (exact) mass is 402 g/mol. The lowest BCUT2D eigenvalue weighted by Gasteiger charge is -2.11. The van der Waals surface area contributed by atoms with E-state index in [1.54, 1.807) is 0 Å². The highest BCUT2D eigenvalue weighted by Gasteiger charge is 2.18. The number of rotatable bonds is 4. The van der Waals surface area contributed by atoms with Gasteiger partial charge in [-0.25, -0.2) is 9.97 Å². The molecule has 0 saturated heterocycles. The summed E-state index contributed by atoms with van der Waals surface area (Å²) in [5, 5.41) is 9.18. The van der Waals surface area contributed by atoms with Crippen molar-refractivity contribution in [3.05, 3.63) is 48.0 Å². The molecular weight excluding hydrogens is 380 g/mol. The maximum absolute atomic E-state index is 4.75. The molecule has 2 aromatic heterocycles. The smallest absolute Gasteiger partial charge is 0.234 e. The van der Waals surface area contributed by atoms with Gasteiger partial charge in [0.15, 0.2) is 10.5 Å². The van der Waals surface area contributed by atoms with Crippen molar-refractivity contribution >= 4 is 49.4 Å². The lowest BCUT2D eigenvalue weighted by atomic mass is 9.97. The van der Waals surface area contributed by atoms with Crippen molar-refractivity contribution < 1.29 is 0 Å². The van der Waals surface area contributed by atoms with E-state index in [-0.39, 0.29) is 0 Å². The molecule has 4 aromatic rings. The average molecular weight is 403 g/mol. The van der Waals surface area contributed by atoms with Gasteiger partial charge in [-0.3, -0.25) is 0 Å². The van der Waals surface area contributed by atoms with Crippen molar-refractivity contribution in [1.29, 1.82) is 0 Å². The summed E-state index contributed by atoms with van der Waals surface area (Å²) in [5.74, 6) is 0.663. The van der Waals surface area contributed by atoms with Crippen molar-refractivity contribution in [2.24, 2.45) is 10.2 Å². The second kappa shape index (κ2) is 7.48. The molecule has 2 heterocycles. The fourth-order valence-corrected chi connectivity index (χ4v) is 4.57. The predicted molar refractivity (Wildman–Crippen MR) is 119 cm³/mol. The first kappa shape index (κ1) is 18.1. The number of anilines is 1. The van der Waals surface area contributed by atoms with Gasteiger partial charge in [-0.1, -0.05) is 30.2 Å². The first-order chi connectivity index (χ1) is 14.2. The second-order valence-corrected chi connectivity index (χ2v) is 8.65. The highest BCUT2D eigenvalue weighted by Crippen LogP contribution is 2.35. The molecule has 0 amide bonds. The van der Waals surface area contributed by atoms with Crippen LogP contribution in [-0.2, 0) is 0 Å². The van der Waals surface area contributed by atoms with Crippen LogP contribution in [0.4, 0.5) is 16.5 Å². The van der Waals surface area contributed by atoms with Crippen LogP contribution in [-0.4, -0.2) is 29.0 Å². The molecule has 1 saturated carbocycles. The fraction of sp³-hybridized carbons (Fsp3) is 0.318. The van der Waals surface area contributed by atoms with E-state index in [0.717, 1.165) is 27.2 Å². The molecule has 6 nitrogen and oxygen atoms in total. The zero-order chi connectivity index (χ0) is 19.8. The zero-order valence-corrected chi connectivity index (χ0v) is 17.4. The summed E-state index contributed by atoms with van der Waals surface area (Å²) < 4.78 is 0. The maximum atomic E-state index is 4.75. The third kappa shape index (κ3) is 3.70. The van der Waals surface area contributed by atoms with E-state index in [2.05, 4.69) is 38.3 Å². The first-order valence-electron chi connectivity index (χ1n) is 9.93. The van der Waals surface area contributed by atoms with E-state index in [1.165, 1.54) is 42.6 Å². The van der Waals surface area contributed by atoms with Crippen LogP contribution in [0.25, 0.3) is 21.5 Å². The van der Waals surface area contributed by atoms with Crippen molar-refractivity contribution in [3.8, 4) is 0 Å². The Kier molecular flexibility index (Phi) is 4.67. The molecule has 146 valence electrons. The fourth-order valence-electron chi connectivity index (χ4n) is 3.86. The van der Waals surface area contributed by atoms with E-state index >= 15 is 0 Å².